The molecule has 3 aromatic carbocycles. The number of ether oxygens (including phenoxy) is 1. The summed E-state index contributed by atoms with van der Waals surface area (Å²) in [6, 6.07) is 28.3. The van der Waals surface area contributed by atoms with E-state index in [4.69, 9.17) is 4.74 Å². The Morgan fingerprint density at radius 3 is 2.16 bits per heavy atom. The second-order valence-electron chi connectivity index (χ2n) is 7.79. The maximum absolute atomic E-state index is 12.5. The number of piperazine rings is 1. The SMILES string of the molecule is O=C(NCCc1ccccc1)N1CCN(Cc2cccc(Oc3ccccc3)c2)CC1. The van der Waals surface area contributed by atoms with Crippen molar-refractivity contribution in [1.82, 2.24) is 15.1 Å². The van der Waals surface area contributed by atoms with Crippen LogP contribution in [0, 0.1) is 0 Å². The summed E-state index contributed by atoms with van der Waals surface area (Å²) in [4.78, 5) is 16.7. The van der Waals surface area contributed by atoms with Crippen molar-refractivity contribution in [3.63, 3.8) is 0 Å². The number of carbonyl (C=O) groups excluding carboxylic acids is 1. The Morgan fingerprint density at radius 2 is 1.42 bits per heavy atom. The van der Waals surface area contributed by atoms with E-state index in [1.165, 1.54) is 11.1 Å². The van der Waals surface area contributed by atoms with Gasteiger partial charge < -0.3 is 15.0 Å². The van der Waals surface area contributed by atoms with Crippen molar-refractivity contribution >= 4 is 6.03 Å². The average molecular weight is 416 g/mol. The lowest BCUT2D eigenvalue weighted by Gasteiger charge is -2.34. The lowest BCUT2D eigenvalue weighted by molar-refractivity contribution is 0.135. The highest BCUT2D eigenvalue weighted by Gasteiger charge is 2.20. The van der Waals surface area contributed by atoms with Gasteiger partial charge in [0, 0.05) is 39.3 Å². The van der Waals surface area contributed by atoms with Gasteiger partial charge in [-0.25, -0.2) is 4.79 Å². The molecule has 0 radical (unpaired) electrons. The van der Waals surface area contributed by atoms with E-state index in [2.05, 4.69) is 34.5 Å². The third-order valence-corrected chi connectivity index (χ3v) is 5.48. The van der Waals surface area contributed by atoms with Crippen LogP contribution >= 0.6 is 0 Å². The molecule has 0 spiro atoms. The Balaban J connectivity index is 1.21. The highest BCUT2D eigenvalue weighted by atomic mass is 16.5. The Bertz CT molecular complexity index is 955. The van der Waals surface area contributed by atoms with Crippen LogP contribution in [-0.2, 0) is 13.0 Å². The Kier molecular flexibility index (Phi) is 7.19. The smallest absolute Gasteiger partial charge is 0.317 e. The van der Waals surface area contributed by atoms with Crippen LogP contribution in [0.25, 0.3) is 0 Å². The van der Waals surface area contributed by atoms with E-state index < -0.39 is 0 Å². The van der Waals surface area contributed by atoms with Crippen LogP contribution in [0.4, 0.5) is 4.79 Å². The molecule has 160 valence electrons. The van der Waals surface area contributed by atoms with Gasteiger partial charge >= 0.3 is 6.03 Å². The normalized spacial score (nSPS) is 14.3. The quantitative estimate of drug-likeness (QED) is 0.616. The molecule has 0 unspecified atom stereocenters. The van der Waals surface area contributed by atoms with Crippen molar-refractivity contribution in [1.29, 1.82) is 0 Å². The summed E-state index contributed by atoms with van der Waals surface area (Å²) in [6.45, 7) is 4.76. The topological polar surface area (TPSA) is 44.8 Å². The fraction of sp³-hybridized carbons (Fsp3) is 0.269. The summed E-state index contributed by atoms with van der Waals surface area (Å²) >= 11 is 0. The molecule has 0 saturated carbocycles. The van der Waals surface area contributed by atoms with Gasteiger partial charge in [-0.15, -0.1) is 0 Å². The molecule has 0 bridgehead atoms. The summed E-state index contributed by atoms with van der Waals surface area (Å²) in [5.41, 5.74) is 2.46. The number of hydrogen-bond donors (Lipinski definition) is 1. The number of benzene rings is 3. The van der Waals surface area contributed by atoms with E-state index in [1.54, 1.807) is 0 Å². The molecule has 1 saturated heterocycles. The summed E-state index contributed by atoms with van der Waals surface area (Å²) in [5.74, 6) is 1.69. The highest BCUT2D eigenvalue weighted by Crippen LogP contribution is 2.22. The molecule has 4 rings (SSSR count). The first-order valence-corrected chi connectivity index (χ1v) is 10.9. The number of rotatable bonds is 7. The fourth-order valence-corrected chi connectivity index (χ4v) is 3.77. The number of amides is 2. The van der Waals surface area contributed by atoms with Crippen molar-refractivity contribution in [2.75, 3.05) is 32.7 Å². The van der Waals surface area contributed by atoms with Gasteiger partial charge in [0.25, 0.3) is 0 Å². The van der Waals surface area contributed by atoms with Gasteiger partial charge in [-0.3, -0.25) is 4.90 Å². The van der Waals surface area contributed by atoms with E-state index in [0.29, 0.717) is 6.54 Å². The zero-order valence-corrected chi connectivity index (χ0v) is 17.7. The van der Waals surface area contributed by atoms with Gasteiger partial charge in [-0.2, -0.15) is 0 Å². The predicted molar refractivity (Wildman–Crippen MR) is 123 cm³/mol. The van der Waals surface area contributed by atoms with E-state index in [9.17, 15) is 4.79 Å². The van der Waals surface area contributed by atoms with Crippen LogP contribution < -0.4 is 10.1 Å². The van der Waals surface area contributed by atoms with Crippen LogP contribution in [0.5, 0.6) is 11.5 Å². The number of urea groups is 1. The monoisotopic (exact) mass is 415 g/mol. The summed E-state index contributed by atoms with van der Waals surface area (Å²) in [7, 11) is 0. The molecular weight excluding hydrogens is 386 g/mol. The summed E-state index contributed by atoms with van der Waals surface area (Å²) in [6.07, 6.45) is 0.855. The van der Waals surface area contributed by atoms with Crippen molar-refractivity contribution in [3.05, 3.63) is 96.1 Å². The standard InChI is InChI=1S/C26H29N3O2/c30-26(27-15-14-22-8-3-1-4-9-22)29-18-16-28(17-19-29)21-23-10-7-13-25(20-23)31-24-11-5-2-6-12-24/h1-13,20H,14-19,21H2,(H,27,30). The predicted octanol–water partition coefficient (Wildman–Crippen LogP) is 4.55. The molecule has 1 aliphatic heterocycles. The minimum atomic E-state index is 0.0360. The van der Waals surface area contributed by atoms with E-state index in [-0.39, 0.29) is 6.03 Å². The fourth-order valence-electron chi connectivity index (χ4n) is 3.77. The number of nitrogens with zero attached hydrogens (tertiary/aromatic N) is 2. The first kappa shape index (κ1) is 20.9. The second kappa shape index (κ2) is 10.6. The van der Waals surface area contributed by atoms with Crippen LogP contribution in [0.2, 0.25) is 0 Å². The third kappa shape index (κ3) is 6.33. The van der Waals surface area contributed by atoms with E-state index in [0.717, 1.165) is 50.6 Å². The van der Waals surface area contributed by atoms with Gasteiger partial charge in [-0.1, -0.05) is 60.7 Å². The second-order valence-corrected chi connectivity index (χ2v) is 7.79. The minimum absolute atomic E-state index is 0.0360. The third-order valence-electron chi connectivity index (χ3n) is 5.48. The minimum Gasteiger partial charge on any atom is -0.457 e. The average Bonchev–Trinajstić information content (AvgIpc) is 2.81. The lowest BCUT2D eigenvalue weighted by atomic mass is 10.1. The molecule has 0 aliphatic carbocycles. The molecule has 5 nitrogen and oxygen atoms in total. The van der Waals surface area contributed by atoms with Crippen molar-refractivity contribution in [2.45, 2.75) is 13.0 Å². The lowest BCUT2D eigenvalue weighted by Crippen LogP contribution is -2.51. The first-order chi connectivity index (χ1) is 15.3. The number of carbonyl (C=O) groups is 1. The van der Waals surface area contributed by atoms with Gasteiger partial charge in [-0.05, 0) is 41.8 Å². The van der Waals surface area contributed by atoms with Crippen molar-refractivity contribution in [2.24, 2.45) is 0 Å². The van der Waals surface area contributed by atoms with Gasteiger partial charge in [0.2, 0.25) is 0 Å². The molecule has 1 N–H and O–H groups in total. The summed E-state index contributed by atoms with van der Waals surface area (Å²) < 4.78 is 5.95. The Morgan fingerprint density at radius 1 is 0.774 bits per heavy atom. The molecule has 1 fully saturated rings. The van der Waals surface area contributed by atoms with Crippen LogP contribution in [-0.4, -0.2) is 48.6 Å². The van der Waals surface area contributed by atoms with Gasteiger partial charge in [0.05, 0.1) is 0 Å². The first-order valence-electron chi connectivity index (χ1n) is 10.9. The largest absolute Gasteiger partial charge is 0.457 e. The van der Waals surface area contributed by atoms with Gasteiger partial charge in [0.15, 0.2) is 0 Å². The van der Waals surface area contributed by atoms with Crippen LogP contribution in [0.15, 0.2) is 84.9 Å². The van der Waals surface area contributed by atoms with Crippen LogP contribution in [0.3, 0.4) is 0 Å². The van der Waals surface area contributed by atoms with E-state index in [1.807, 2.05) is 65.6 Å². The molecule has 0 aromatic heterocycles. The number of nitrogens with one attached hydrogen (secondary N) is 1. The highest BCUT2D eigenvalue weighted by molar-refractivity contribution is 5.74. The molecule has 31 heavy (non-hydrogen) atoms. The van der Waals surface area contributed by atoms with Crippen LogP contribution in [0.1, 0.15) is 11.1 Å². The Hall–Kier alpha value is -3.31. The molecule has 2 amide bonds. The molecule has 3 aromatic rings. The number of hydrogen-bond acceptors (Lipinski definition) is 3. The Labute approximate surface area is 184 Å². The maximum Gasteiger partial charge on any atom is 0.317 e. The zero-order valence-electron chi connectivity index (χ0n) is 17.7. The molecule has 5 heteroatoms. The molecular formula is C26H29N3O2. The molecule has 0 atom stereocenters. The maximum atomic E-state index is 12.5. The zero-order chi connectivity index (χ0) is 21.3. The van der Waals surface area contributed by atoms with Crippen molar-refractivity contribution in [3.8, 4) is 11.5 Å². The number of para-hydroxylation sites is 1. The van der Waals surface area contributed by atoms with E-state index >= 15 is 0 Å². The van der Waals surface area contributed by atoms with Gasteiger partial charge in [0.1, 0.15) is 11.5 Å². The summed E-state index contributed by atoms with van der Waals surface area (Å²) in [5, 5.41) is 3.05. The van der Waals surface area contributed by atoms with Crippen molar-refractivity contribution < 1.29 is 9.53 Å². The molecule has 1 heterocycles. The molecule has 1 aliphatic rings.